The lowest BCUT2D eigenvalue weighted by atomic mass is 9.88. The Morgan fingerprint density at radius 3 is 2.32 bits per heavy atom. The van der Waals surface area contributed by atoms with Crippen molar-refractivity contribution in [3.05, 3.63) is 0 Å². The number of carbonyl (C=O) groups is 2. The summed E-state index contributed by atoms with van der Waals surface area (Å²) in [5.41, 5.74) is 0. The van der Waals surface area contributed by atoms with Crippen LogP contribution in [0.3, 0.4) is 0 Å². The van der Waals surface area contributed by atoms with Crippen molar-refractivity contribution >= 4 is 28.2 Å². The lowest BCUT2D eigenvalue weighted by Gasteiger charge is -2.20. The number of hydrogen-bond acceptors (Lipinski definition) is 3. The third-order valence-electron chi connectivity index (χ3n) is 3.25. The summed E-state index contributed by atoms with van der Waals surface area (Å²) in [5, 5.41) is 0. The average molecular weight is 335 g/mol. The van der Waals surface area contributed by atoms with E-state index in [0.717, 1.165) is 19.1 Å². The third-order valence-corrected chi connectivity index (χ3v) is 3.62. The SMILES string of the molecule is CCC[C@@H](C)C[C@@H](C)CC(C=O)COC(=O)C(C)Br. The number of hydrogen-bond donors (Lipinski definition) is 0. The van der Waals surface area contributed by atoms with Gasteiger partial charge in [-0.05, 0) is 31.6 Å². The standard InChI is InChI=1S/C15H27BrO3/c1-5-6-11(2)7-12(3)8-14(9-17)10-19-15(18)13(4)16/h9,11-14H,5-8,10H2,1-4H3/t11-,12-,13?,14?/m1/s1. The van der Waals surface area contributed by atoms with Crippen molar-refractivity contribution in [3.8, 4) is 0 Å². The normalized spacial score (nSPS) is 17.3. The number of ether oxygens (including phenoxy) is 1. The summed E-state index contributed by atoms with van der Waals surface area (Å²) in [4.78, 5) is 22.0. The van der Waals surface area contributed by atoms with E-state index in [2.05, 4.69) is 36.7 Å². The molecular weight excluding hydrogens is 308 g/mol. The Kier molecular flexibility index (Phi) is 10.2. The number of alkyl halides is 1. The van der Waals surface area contributed by atoms with Crippen LogP contribution in [0.5, 0.6) is 0 Å². The van der Waals surface area contributed by atoms with Crippen LogP contribution in [0.4, 0.5) is 0 Å². The van der Waals surface area contributed by atoms with Gasteiger partial charge >= 0.3 is 5.97 Å². The number of halogens is 1. The van der Waals surface area contributed by atoms with E-state index in [9.17, 15) is 9.59 Å². The maximum Gasteiger partial charge on any atom is 0.319 e. The molecule has 0 radical (unpaired) electrons. The Labute approximate surface area is 125 Å². The predicted octanol–water partition coefficient (Wildman–Crippen LogP) is 3.98. The summed E-state index contributed by atoms with van der Waals surface area (Å²) < 4.78 is 5.09. The first-order valence-electron chi connectivity index (χ1n) is 7.16. The van der Waals surface area contributed by atoms with E-state index in [-0.39, 0.29) is 23.3 Å². The molecule has 0 aromatic carbocycles. The fourth-order valence-electron chi connectivity index (χ4n) is 2.38. The summed E-state index contributed by atoms with van der Waals surface area (Å²) in [5.74, 6) is 0.687. The maximum absolute atomic E-state index is 11.3. The fraction of sp³-hybridized carbons (Fsp3) is 0.867. The van der Waals surface area contributed by atoms with Gasteiger partial charge in [0, 0.05) is 5.92 Å². The van der Waals surface area contributed by atoms with Crippen LogP contribution in [-0.2, 0) is 14.3 Å². The second kappa shape index (κ2) is 10.4. The molecule has 0 heterocycles. The summed E-state index contributed by atoms with van der Waals surface area (Å²) in [6.45, 7) is 8.52. The lowest BCUT2D eigenvalue weighted by Crippen LogP contribution is -2.21. The van der Waals surface area contributed by atoms with Gasteiger partial charge in [0.2, 0.25) is 0 Å². The van der Waals surface area contributed by atoms with Gasteiger partial charge in [-0.3, -0.25) is 4.79 Å². The topological polar surface area (TPSA) is 43.4 Å². The van der Waals surface area contributed by atoms with Crippen LogP contribution in [0.1, 0.15) is 53.4 Å². The Morgan fingerprint density at radius 2 is 1.84 bits per heavy atom. The molecule has 4 atom stereocenters. The zero-order chi connectivity index (χ0) is 14.8. The van der Waals surface area contributed by atoms with Gasteiger partial charge < -0.3 is 9.53 Å². The van der Waals surface area contributed by atoms with E-state index in [1.165, 1.54) is 12.8 Å². The highest BCUT2D eigenvalue weighted by molar-refractivity contribution is 9.10. The van der Waals surface area contributed by atoms with Gasteiger partial charge in [-0.15, -0.1) is 0 Å². The van der Waals surface area contributed by atoms with Crippen LogP contribution in [0, 0.1) is 17.8 Å². The van der Waals surface area contributed by atoms with E-state index in [0.29, 0.717) is 11.8 Å². The monoisotopic (exact) mass is 334 g/mol. The van der Waals surface area contributed by atoms with Crippen LogP contribution in [0.15, 0.2) is 0 Å². The molecule has 0 bridgehead atoms. The summed E-state index contributed by atoms with van der Waals surface area (Å²) in [6, 6.07) is 0. The minimum absolute atomic E-state index is 0.181. The van der Waals surface area contributed by atoms with E-state index < -0.39 is 0 Å². The second-order valence-electron chi connectivity index (χ2n) is 5.61. The van der Waals surface area contributed by atoms with Crippen LogP contribution in [-0.4, -0.2) is 23.7 Å². The molecule has 112 valence electrons. The number of carbonyl (C=O) groups excluding carboxylic acids is 2. The van der Waals surface area contributed by atoms with E-state index >= 15 is 0 Å². The first-order valence-corrected chi connectivity index (χ1v) is 8.08. The molecule has 3 nitrogen and oxygen atoms in total. The first kappa shape index (κ1) is 18.6. The van der Waals surface area contributed by atoms with E-state index in [4.69, 9.17) is 4.74 Å². The lowest BCUT2D eigenvalue weighted by molar-refractivity contribution is -0.144. The Balaban J connectivity index is 4.04. The Bertz CT molecular complexity index is 266. The zero-order valence-corrected chi connectivity index (χ0v) is 14.1. The summed E-state index contributed by atoms with van der Waals surface area (Å²) in [7, 11) is 0. The van der Waals surface area contributed by atoms with Gasteiger partial charge in [-0.2, -0.15) is 0 Å². The van der Waals surface area contributed by atoms with Crippen molar-refractivity contribution in [1.82, 2.24) is 0 Å². The van der Waals surface area contributed by atoms with Gasteiger partial charge in [-0.1, -0.05) is 49.5 Å². The fourth-order valence-corrected chi connectivity index (χ4v) is 2.51. The van der Waals surface area contributed by atoms with Crippen molar-refractivity contribution < 1.29 is 14.3 Å². The molecule has 0 rings (SSSR count). The van der Waals surface area contributed by atoms with Gasteiger partial charge in [0.05, 0.1) is 0 Å². The highest BCUT2D eigenvalue weighted by atomic mass is 79.9. The van der Waals surface area contributed by atoms with Crippen LogP contribution >= 0.6 is 15.9 Å². The molecule has 19 heavy (non-hydrogen) atoms. The predicted molar refractivity (Wildman–Crippen MR) is 81.4 cm³/mol. The highest BCUT2D eigenvalue weighted by Crippen LogP contribution is 2.22. The van der Waals surface area contributed by atoms with Crippen molar-refractivity contribution in [1.29, 1.82) is 0 Å². The zero-order valence-electron chi connectivity index (χ0n) is 12.5. The summed E-state index contributed by atoms with van der Waals surface area (Å²) in [6.07, 6.45) is 5.26. The minimum Gasteiger partial charge on any atom is -0.464 e. The molecular formula is C15H27BrO3. The Morgan fingerprint density at radius 1 is 1.21 bits per heavy atom. The number of aldehydes is 1. The third kappa shape index (κ3) is 9.20. The molecule has 0 aliphatic carbocycles. The van der Waals surface area contributed by atoms with Gasteiger partial charge in [0.15, 0.2) is 0 Å². The molecule has 0 amide bonds. The van der Waals surface area contributed by atoms with Crippen molar-refractivity contribution in [2.45, 2.75) is 58.2 Å². The van der Waals surface area contributed by atoms with E-state index in [1.807, 2.05) is 0 Å². The molecule has 0 aromatic heterocycles. The molecule has 0 aliphatic rings. The van der Waals surface area contributed by atoms with E-state index in [1.54, 1.807) is 6.92 Å². The first-order chi connectivity index (χ1) is 8.90. The van der Waals surface area contributed by atoms with Crippen LogP contribution < -0.4 is 0 Å². The van der Waals surface area contributed by atoms with Gasteiger partial charge in [0.1, 0.15) is 17.7 Å². The quantitative estimate of drug-likeness (QED) is 0.345. The molecule has 0 aromatic rings. The second-order valence-corrected chi connectivity index (χ2v) is 6.99. The highest BCUT2D eigenvalue weighted by Gasteiger charge is 2.18. The molecule has 0 saturated heterocycles. The van der Waals surface area contributed by atoms with Crippen molar-refractivity contribution in [2.24, 2.45) is 17.8 Å². The van der Waals surface area contributed by atoms with Crippen LogP contribution in [0.2, 0.25) is 0 Å². The largest absolute Gasteiger partial charge is 0.464 e. The molecule has 0 N–H and O–H groups in total. The number of rotatable bonds is 10. The minimum atomic E-state index is -0.318. The van der Waals surface area contributed by atoms with Crippen LogP contribution in [0.25, 0.3) is 0 Å². The Hall–Kier alpha value is -0.380. The molecule has 0 fully saturated rings. The molecule has 0 aliphatic heterocycles. The molecule has 2 unspecified atom stereocenters. The number of esters is 1. The molecule has 0 spiro atoms. The van der Waals surface area contributed by atoms with Crippen molar-refractivity contribution in [2.75, 3.05) is 6.61 Å². The van der Waals surface area contributed by atoms with Gasteiger partial charge in [-0.25, -0.2) is 0 Å². The van der Waals surface area contributed by atoms with Crippen molar-refractivity contribution in [3.63, 3.8) is 0 Å². The summed E-state index contributed by atoms with van der Waals surface area (Å²) >= 11 is 3.15. The smallest absolute Gasteiger partial charge is 0.319 e. The molecule has 4 heteroatoms. The molecule has 0 saturated carbocycles. The average Bonchev–Trinajstić information content (AvgIpc) is 2.33. The van der Waals surface area contributed by atoms with Gasteiger partial charge in [0.25, 0.3) is 0 Å². The maximum atomic E-state index is 11.3.